The summed E-state index contributed by atoms with van der Waals surface area (Å²) in [6, 6.07) is 4.62. The van der Waals surface area contributed by atoms with Gasteiger partial charge in [-0.05, 0) is 18.6 Å². The molecule has 0 aromatic heterocycles. The molecule has 1 amide bonds. The fraction of sp³-hybridized carbons (Fsp3) is 0.462. The van der Waals surface area contributed by atoms with E-state index in [1.54, 1.807) is 11.0 Å². The molecule has 0 spiro atoms. The Kier molecular flexibility index (Phi) is 4.75. The number of sulfonamides is 1. The van der Waals surface area contributed by atoms with Crippen LogP contribution in [0, 0.1) is 0 Å². The number of carbonyl (C=O) groups is 1. The lowest BCUT2D eigenvalue weighted by Crippen LogP contribution is -2.36. The molecule has 1 aromatic carbocycles. The number of carbonyl (C=O) groups excluding carboxylic acids is 1. The molecule has 8 heteroatoms. The highest BCUT2D eigenvalue weighted by atomic mass is 35.5. The van der Waals surface area contributed by atoms with Crippen LogP contribution in [-0.4, -0.2) is 49.7 Å². The molecule has 0 unspecified atom stereocenters. The fourth-order valence-electron chi connectivity index (χ4n) is 2.38. The number of nitrogen functional groups attached to an aromatic ring is 1. The van der Waals surface area contributed by atoms with E-state index in [1.165, 1.54) is 23.4 Å². The van der Waals surface area contributed by atoms with E-state index in [0.29, 0.717) is 26.1 Å². The highest BCUT2D eigenvalue weighted by Crippen LogP contribution is 2.30. The molecular formula is C13H18ClN3O3S. The van der Waals surface area contributed by atoms with Gasteiger partial charge in [0.1, 0.15) is 4.90 Å². The standard InChI is InChI=1S/C13H18ClN3O3S/c1-10(18)16-6-3-7-17(9-8-16)21(19,20)13-11(14)4-2-5-12(13)15/h2,4-5H,3,6-9,15H2,1H3. The molecule has 1 aliphatic heterocycles. The van der Waals surface area contributed by atoms with Crippen molar-refractivity contribution >= 4 is 33.2 Å². The van der Waals surface area contributed by atoms with Crippen LogP contribution in [0.2, 0.25) is 5.02 Å². The maximum absolute atomic E-state index is 12.7. The second-order valence-corrected chi connectivity index (χ2v) is 7.20. The van der Waals surface area contributed by atoms with E-state index >= 15 is 0 Å². The zero-order valence-corrected chi connectivity index (χ0v) is 13.3. The molecule has 116 valence electrons. The summed E-state index contributed by atoms with van der Waals surface area (Å²) in [5.74, 6) is -0.0495. The second kappa shape index (κ2) is 6.21. The van der Waals surface area contributed by atoms with E-state index in [-0.39, 0.29) is 28.1 Å². The van der Waals surface area contributed by atoms with Gasteiger partial charge in [-0.25, -0.2) is 8.42 Å². The Morgan fingerprint density at radius 3 is 2.57 bits per heavy atom. The van der Waals surface area contributed by atoms with E-state index in [2.05, 4.69) is 0 Å². The highest BCUT2D eigenvalue weighted by molar-refractivity contribution is 7.89. The molecule has 0 bridgehead atoms. The minimum absolute atomic E-state index is 0.0495. The molecule has 6 nitrogen and oxygen atoms in total. The molecule has 1 aliphatic rings. The lowest BCUT2D eigenvalue weighted by molar-refractivity contribution is -0.128. The quantitative estimate of drug-likeness (QED) is 0.824. The number of nitrogens with two attached hydrogens (primary N) is 1. The first-order valence-electron chi connectivity index (χ1n) is 6.63. The van der Waals surface area contributed by atoms with Gasteiger partial charge in [0.25, 0.3) is 0 Å². The van der Waals surface area contributed by atoms with Crippen LogP contribution in [-0.2, 0) is 14.8 Å². The fourth-order valence-corrected chi connectivity index (χ4v) is 4.48. The van der Waals surface area contributed by atoms with Gasteiger partial charge < -0.3 is 10.6 Å². The Morgan fingerprint density at radius 1 is 1.24 bits per heavy atom. The topological polar surface area (TPSA) is 83.7 Å². The SMILES string of the molecule is CC(=O)N1CCCN(S(=O)(=O)c2c(N)cccc2Cl)CC1. The predicted molar refractivity (Wildman–Crippen MR) is 81.5 cm³/mol. The van der Waals surface area contributed by atoms with Crippen molar-refractivity contribution in [3.8, 4) is 0 Å². The molecule has 2 rings (SSSR count). The van der Waals surface area contributed by atoms with E-state index in [1.807, 2.05) is 0 Å². The Labute approximate surface area is 129 Å². The molecule has 1 aromatic rings. The maximum Gasteiger partial charge on any atom is 0.246 e. The van der Waals surface area contributed by atoms with Crippen LogP contribution >= 0.6 is 11.6 Å². The molecule has 0 radical (unpaired) electrons. The summed E-state index contributed by atoms with van der Waals surface area (Å²) >= 11 is 6.00. The summed E-state index contributed by atoms with van der Waals surface area (Å²) in [7, 11) is -3.76. The third-order valence-corrected chi connectivity index (χ3v) is 5.94. The van der Waals surface area contributed by atoms with Gasteiger partial charge in [-0.15, -0.1) is 0 Å². The minimum Gasteiger partial charge on any atom is -0.398 e. The van der Waals surface area contributed by atoms with Crippen molar-refractivity contribution in [2.75, 3.05) is 31.9 Å². The predicted octanol–water partition coefficient (Wildman–Crippen LogP) is 1.17. The average molecular weight is 332 g/mol. The summed E-state index contributed by atoms with van der Waals surface area (Å²) in [4.78, 5) is 13.0. The van der Waals surface area contributed by atoms with Crippen LogP contribution < -0.4 is 5.73 Å². The summed E-state index contributed by atoms with van der Waals surface area (Å²) in [5, 5.41) is 0.114. The van der Waals surface area contributed by atoms with Crippen molar-refractivity contribution in [2.24, 2.45) is 0 Å². The zero-order chi connectivity index (χ0) is 15.6. The molecule has 2 N–H and O–H groups in total. The summed E-state index contributed by atoms with van der Waals surface area (Å²) in [5.41, 5.74) is 5.91. The van der Waals surface area contributed by atoms with E-state index in [0.717, 1.165) is 0 Å². The first-order valence-corrected chi connectivity index (χ1v) is 8.45. The van der Waals surface area contributed by atoms with Crippen LogP contribution in [0.3, 0.4) is 0 Å². The Bertz CT molecular complexity index is 628. The van der Waals surface area contributed by atoms with Crippen molar-refractivity contribution in [3.05, 3.63) is 23.2 Å². The normalized spacial score (nSPS) is 17.5. The van der Waals surface area contributed by atoms with Gasteiger partial charge in [-0.2, -0.15) is 4.31 Å². The van der Waals surface area contributed by atoms with Gasteiger partial charge in [0.15, 0.2) is 0 Å². The number of hydrogen-bond acceptors (Lipinski definition) is 4. The lowest BCUT2D eigenvalue weighted by Gasteiger charge is -2.22. The monoisotopic (exact) mass is 331 g/mol. The number of amides is 1. The molecular weight excluding hydrogens is 314 g/mol. The van der Waals surface area contributed by atoms with Gasteiger partial charge in [-0.3, -0.25) is 4.79 Å². The first-order chi connectivity index (χ1) is 9.84. The Hall–Kier alpha value is -1.31. The number of benzene rings is 1. The Morgan fingerprint density at radius 2 is 1.95 bits per heavy atom. The summed E-state index contributed by atoms with van der Waals surface area (Å²) in [6.45, 7) is 3.00. The zero-order valence-electron chi connectivity index (χ0n) is 11.8. The molecule has 0 saturated carbocycles. The van der Waals surface area contributed by atoms with Crippen molar-refractivity contribution in [2.45, 2.75) is 18.2 Å². The minimum atomic E-state index is -3.76. The van der Waals surface area contributed by atoms with Gasteiger partial charge in [0.05, 0.1) is 10.7 Å². The van der Waals surface area contributed by atoms with Crippen LogP contribution in [0.15, 0.2) is 23.1 Å². The second-order valence-electron chi connectivity index (χ2n) is 4.92. The third-order valence-electron chi connectivity index (χ3n) is 3.50. The summed E-state index contributed by atoms with van der Waals surface area (Å²) in [6.07, 6.45) is 0.586. The molecule has 1 fully saturated rings. The number of nitrogens with zero attached hydrogens (tertiary/aromatic N) is 2. The molecule has 0 aliphatic carbocycles. The van der Waals surface area contributed by atoms with E-state index in [9.17, 15) is 13.2 Å². The van der Waals surface area contributed by atoms with Crippen molar-refractivity contribution in [1.82, 2.24) is 9.21 Å². The van der Waals surface area contributed by atoms with Crippen molar-refractivity contribution in [3.63, 3.8) is 0 Å². The van der Waals surface area contributed by atoms with E-state index in [4.69, 9.17) is 17.3 Å². The van der Waals surface area contributed by atoms with Crippen LogP contribution in [0.4, 0.5) is 5.69 Å². The average Bonchev–Trinajstić information content (AvgIpc) is 2.64. The summed E-state index contributed by atoms with van der Waals surface area (Å²) < 4.78 is 26.8. The Balaban J connectivity index is 2.30. The van der Waals surface area contributed by atoms with Gasteiger partial charge in [0, 0.05) is 33.1 Å². The van der Waals surface area contributed by atoms with Crippen LogP contribution in [0.5, 0.6) is 0 Å². The maximum atomic E-state index is 12.7. The number of hydrogen-bond donors (Lipinski definition) is 1. The van der Waals surface area contributed by atoms with Gasteiger partial charge in [-0.1, -0.05) is 17.7 Å². The smallest absolute Gasteiger partial charge is 0.246 e. The third kappa shape index (κ3) is 3.30. The van der Waals surface area contributed by atoms with Crippen molar-refractivity contribution < 1.29 is 13.2 Å². The molecule has 1 heterocycles. The largest absolute Gasteiger partial charge is 0.398 e. The number of anilines is 1. The van der Waals surface area contributed by atoms with Gasteiger partial charge in [0.2, 0.25) is 15.9 Å². The molecule has 0 atom stereocenters. The lowest BCUT2D eigenvalue weighted by atomic mass is 10.3. The van der Waals surface area contributed by atoms with Crippen LogP contribution in [0.25, 0.3) is 0 Å². The first kappa shape index (κ1) is 16.1. The number of halogens is 1. The molecule has 21 heavy (non-hydrogen) atoms. The molecule has 1 saturated heterocycles. The van der Waals surface area contributed by atoms with Gasteiger partial charge >= 0.3 is 0 Å². The van der Waals surface area contributed by atoms with Crippen LogP contribution in [0.1, 0.15) is 13.3 Å². The van der Waals surface area contributed by atoms with Crippen molar-refractivity contribution in [1.29, 1.82) is 0 Å². The number of rotatable bonds is 2. The van der Waals surface area contributed by atoms with E-state index < -0.39 is 10.0 Å². The highest BCUT2D eigenvalue weighted by Gasteiger charge is 2.30.